The Hall–Kier alpha value is -3.00. The molecule has 3 aromatic rings. The molecule has 0 aliphatic carbocycles. The number of fused-ring (bicyclic) bond motifs is 1. The van der Waals surface area contributed by atoms with Crippen molar-refractivity contribution in [2.75, 3.05) is 18.4 Å². The van der Waals surface area contributed by atoms with E-state index in [0.717, 1.165) is 36.1 Å². The van der Waals surface area contributed by atoms with Crippen LogP contribution < -0.4 is 5.32 Å². The van der Waals surface area contributed by atoms with E-state index in [0.29, 0.717) is 18.8 Å². The van der Waals surface area contributed by atoms with E-state index in [4.69, 9.17) is 4.74 Å². The summed E-state index contributed by atoms with van der Waals surface area (Å²) in [5, 5.41) is 13.5. The van der Waals surface area contributed by atoms with Crippen LogP contribution in [0.5, 0.6) is 0 Å². The van der Waals surface area contributed by atoms with E-state index in [9.17, 15) is 4.79 Å². The molecule has 8 nitrogen and oxygen atoms in total. The van der Waals surface area contributed by atoms with E-state index in [1.165, 1.54) is 0 Å². The molecule has 26 heavy (non-hydrogen) atoms. The van der Waals surface area contributed by atoms with E-state index in [-0.39, 0.29) is 12.1 Å². The summed E-state index contributed by atoms with van der Waals surface area (Å²) in [6.45, 7) is 1.76. The van der Waals surface area contributed by atoms with E-state index in [1.807, 2.05) is 30.3 Å². The number of aromatic amines is 1. The first kappa shape index (κ1) is 16.5. The van der Waals surface area contributed by atoms with Gasteiger partial charge < -0.3 is 15.0 Å². The number of pyridine rings is 1. The van der Waals surface area contributed by atoms with Crippen molar-refractivity contribution in [1.82, 2.24) is 25.3 Å². The van der Waals surface area contributed by atoms with Gasteiger partial charge in [0.2, 0.25) is 0 Å². The number of amides is 2. The highest BCUT2D eigenvalue weighted by Crippen LogP contribution is 2.18. The van der Waals surface area contributed by atoms with E-state index in [1.54, 1.807) is 17.2 Å². The molecule has 134 valence electrons. The quantitative estimate of drug-likeness (QED) is 0.752. The fraction of sp³-hybridized carbons (Fsp3) is 0.333. The second-order valence-electron chi connectivity index (χ2n) is 6.30. The van der Waals surface area contributed by atoms with Gasteiger partial charge >= 0.3 is 6.03 Å². The summed E-state index contributed by atoms with van der Waals surface area (Å²) < 4.78 is 5.94. The molecular formula is C18H20N6O2. The van der Waals surface area contributed by atoms with Crippen LogP contribution in [-0.2, 0) is 11.3 Å². The lowest BCUT2D eigenvalue weighted by Crippen LogP contribution is -2.45. The van der Waals surface area contributed by atoms with Crippen molar-refractivity contribution in [1.29, 1.82) is 0 Å². The lowest BCUT2D eigenvalue weighted by atomic mass is 10.1. The monoisotopic (exact) mass is 352 g/mol. The first-order valence-electron chi connectivity index (χ1n) is 8.66. The van der Waals surface area contributed by atoms with Crippen LogP contribution in [0, 0.1) is 0 Å². The molecule has 1 aromatic carbocycles. The van der Waals surface area contributed by atoms with Gasteiger partial charge in [0.25, 0.3) is 0 Å². The Morgan fingerprint density at radius 2 is 2.19 bits per heavy atom. The predicted octanol–water partition coefficient (Wildman–Crippen LogP) is 2.57. The molecule has 0 bridgehead atoms. The van der Waals surface area contributed by atoms with Crippen LogP contribution in [0.3, 0.4) is 0 Å². The first-order valence-corrected chi connectivity index (χ1v) is 8.66. The number of nitrogens with one attached hydrogen (secondary N) is 2. The number of hydrogen-bond acceptors (Lipinski definition) is 5. The normalized spacial score (nSPS) is 17.4. The lowest BCUT2D eigenvalue weighted by molar-refractivity contribution is -0.000325. The van der Waals surface area contributed by atoms with Crippen LogP contribution in [0.15, 0.2) is 42.6 Å². The zero-order valence-corrected chi connectivity index (χ0v) is 14.3. The van der Waals surface area contributed by atoms with Crippen LogP contribution in [0.2, 0.25) is 0 Å². The Kier molecular flexibility index (Phi) is 4.74. The molecule has 0 saturated carbocycles. The van der Waals surface area contributed by atoms with Crippen molar-refractivity contribution in [3.63, 3.8) is 0 Å². The van der Waals surface area contributed by atoms with Gasteiger partial charge in [-0.05, 0) is 43.2 Å². The molecule has 8 heteroatoms. The van der Waals surface area contributed by atoms with Gasteiger partial charge in [-0.3, -0.25) is 4.98 Å². The van der Waals surface area contributed by atoms with Crippen molar-refractivity contribution >= 4 is 22.8 Å². The summed E-state index contributed by atoms with van der Waals surface area (Å²) in [4.78, 5) is 18.6. The second-order valence-corrected chi connectivity index (χ2v) is 6.30. The van der Waals surface area contributed by atoms with Crippen LogP contribution in [0.4, 0.5) is 10.5 Å². The topological polar surface area (TPSA) is 96.0 Å². The highest BCUT2D eigenvalue weighted by atomic mass is 16.5. The Morgan fingerprint density at radius 1 is 1.27 bits per heavy atom. The van der Waals surface area contributed by atoms with E-state index in [2.05, 4.69) is 25.7 Å². The number of aromatic nitrogens is 4. The minimum absolute atomic E-state index is 0.0227. The number of H-pyrrole nitrogens is 1. The third-order valence-corrected chi connectivity index (χ3v) is 4.43. The molecule has 1 fully saturated rings. The van der Waals surface area contributed by atoms with Crippen LogP contribution >= 0.6 is 0 Å². The van der Waals surface area contributed by atoms with E-state index < -0.39 is 0 Å². The van der Waals surface area contributed by atoms with Gasteiger partial charge in [-0.1, -0.05) is 6.07 Å². The fourth-order valence-electron chi connectivity index (χ4n) is 3.07. The average Bonchev–Trinajstić information content (AvgIpc) is 3.15. The maximum Gasteiger partial charge on any atom is 0.321 e. The minimum Gasteiger partial charge on any atom is -0.370 e. The molecule has 2 amide bonds. The van der Waals surface area contributed by atoms with Crippen LogP contribution in [0.1, 0.15) is 18.5 Å². The standard InChI is InChI=1S/C18H20N6O2/c25-18(20-13-6-7-16-17(10-13)22-23-21-16)24-9-3-5-15(11-24)26-12-14-4-1-2-8-19-14/h1-2,4,6-8,10,15H,3,5,9,11-12H2,(H,20,25)(H,21,22,23). The van der Waals surface area contributed by atoms with Crippen LogP contribution in [0.25, 0.3) is 11.0 Å². The first-order chi connectivity index (χ1) is 12.8. The zero-order valence-electron chi connectivity index (χ0n) is 14.3. The summed E-state index contributed by atoms with van der Waals surface area (Å²) in [5.74, 6) is 0. The Balaban J connectivity index is 1.33. The number of anilines is 1. The van der Waals surface area contributed by atoms with E-state index >= 15 is 0 Å². The molecule has 2 aromatic heterocycles. The Morgan fingerprint density at radius 3 is 3.08 bits per heavy atom. The number of rotatable bonds is 4. The lowest BCUT2D eigenvalue weighted by Gasteiger charge is -2.32. The number of carbonyl (C=O) groups is 1. The highest BCUT2D eigenvalue weighted by molar-refractivity contribution is 5.91. The molecule has 1 aliphatic rings. The second kappa shape index (κ2) is 7.49. The molecule has 0 radical (unpaired) electrons. The number of hydrogen-bond donors (Lipinski definition) is 2. The maximum absolute atomic E-state index is 12.6. The molecule has 4 rings (SSSR count). The predicted molar refractivity (Wildman–Crippen MR) is 96.5 cm³/mol. The number of benzene rings is 1. The third-order valence-electron chi connectivity index (χ3n) is 4.43. The molecule has 2 N–H and O–H groups in total. The highest BCUT2D eigenvalue weighted by Gasteiger charge is 2.24. The molecule has 1 atom stereocenters. The van der Waals surface area contributed by atoms with Gasteiger partial charge in [0.15, 0.2) is 0 Å². The largest absolute Gasteiger partial charge is 0.370 e. The van der Waals surface area contributed by atoms with Crippen molar-refractivity contribution in [3.8, 4) is 0 Å². The average molecular weight is 352 g/mol. The van der Waals surface area contributed by atoms with Crippen molar-refractivity contribution in [3.05, 3.63) is 48.3 Å². The number of urea groups is 1. The third kappa shape index (κ3) is 3.80. The molecular weight excluding hydrogens is 332 g/mol. The molecule has 3 heterocycles. The zero-order chi connectivity index (χ0) is 17.8. The van der Waals surface area contributed by atoms with Gasteiger partial charge in [-0.2, -0.15) is 15.4 Å². The van der Waals surface area contributed by atoms with Gasteiger partial charge in [-0.25, -0.2) is 4.79 Å². The SMILES string of the molecule is O=C(Nc1ccc2n[nH]nc2c1)N1CCCC(OCc2ccccn2)C1. The number of piperidine rings is 1. The van der Waals surface area contributed by atoms with Gasteiger partial charge in [0.1, 0.15) is 11.0 Å². The Labute approximate surface area is 150 Å². The van der Waals surface area contributed by atoms with Gasteiger partial charge in [0, 0.05) is 25.0 Å². The number of carbonyl (C=O) groups excluding carboxylic acids is 1. The molecule has 1 saturated heterocycles. The number of likely N-dealkylation sites (tertiary alicyclic amines) is 1. The Bertz CT molecular complexity index is 882. The van der Waals surface area contributed by atoms with Crippen molar-refractivity contribution in [2.24, 2.45) is 0 Å². The van der Waals surface area contributed by atoms with Crippen molar-refractivity contribution < 1.29 is 9.53 Å². The summed E-state index contributed by atoms with van der Waals surface area (Å²) in [7, 11) is 0. The fourth-order valence-corrected chi connectivity index (χ4v) is 3.07. The maximum atomic E-state index is 12.6. The van der Waals surface area contributed by atoms with Crippen molar-refractivity contribution in [2.45, 2.75) is 25.6 Å². The molecule has 0 spiro atoms. The summed E-state index contributed by atoms with van der Waals surface area (Å²) >= 11 is 0. The summed E-state index contributed by atoms with van der Waals surface area (Å²) in [6, 6.07) is 11.1. The summed E-state index contributed by atoms with van der Waals surface area (Å²) in [5.41, 5.74) is 3.09. The smallest absolute Gasteiger partial charge is 0.321 e. The number of nitrogens with zero attached hydrogens (tertiary/aromatic N) is 4. The minimum atomic E-state index is -0.126. The van der Waals surface area contributed by atoms with Gasteiger partial charge in [0.05, 0.1) is 18.4 Å². The summed E-state index contributed by atoms with van der Waals surface area (Å²) in [6.07, 6.45) is 3.64. The molecule has 1 aliphatic heterocycles. The van der Waals surface area contributed by atoms with Gasteiger partial charge in [-0.15, -0.1) is 0 Å². The van der Waals surface area contributed by atoms with Crippen LogP contribution in [-0.4, -0.2) is 50.5 Å². The molecule has 1 unspecified atom stereocenters. The number of ether oxygens (including phenoxy) is 1.